The molecular weight excluding hydrogens is 89.7 g/mol. The Morgan fingerprint density at radius 3 is 0.800 bits per heavy atom. The third kappa shape index (κ3) is 33.9. The van der Waals surface area contributed by atoms with Crippen LogP contribution in [0.2, 0.25) is 0 Å². The molecule has 0 aliphatic carbocycles. The second-order valence-electron chi connectivity index (χ2n) is 0. The van der Waals surface area contributed by atoms with E-state index >= 15 is 0 Å². The normalized spacial score (nSPS) is 2.40. The van der Waals surface area contributed by atoms with Gasteiger partial charge >= 0.3 is 37.7 Å². The third-order valence-electron chi connectivity index (χ3n) is 0. The van der Waals surface area contributed by atoms with Gasteiger partial charge in [-0.3, -0.25) is 0 Å². The summed E-state index contributed by atoms with van der Waals surface area (Å²) >= 11 is 0. The summed E-state index contributed by atoms with van der Waals surface area (Å²) in [4.78, 5) is 0. The average Bonchev–Trinajstić information content (AvgIpc) is 1.50. The fourth-order valence-electron chi connectivity index (χ4n) is 0. The van der Waals surface area contributed by atoms with Gasteiger partial charge in [-0.05, 0) is 0 Å². The molecule has 0 rings (SSSR count). The van der Waals surface area contributed by atoms with Crippen LogP contribution in [0.1, 0.15) is 0 Å². The van der Waals surface area contributed by atoms with Crippen molar-refractivity contribution in [3.05, 3.63) is 0 Å². The van der Waals surface area contributed by atoms with E-state index in [1.807, 2.05) is 0 Å². The largest absolute Gasteiger partial charge is 2.00 e. The summed E-state index contributed by atoms with van der Waals surface area (Å²) in [6.07, 6.45) is 0. The van der Waals surface area contributed by atoms with E-state index in [9.17, 15) is 0 Å². The molecule has 0 saturated heterocycles. The van der Waals surface area contributed by atoms with Crippen LogP contribution in [0.25, 0.3) is 0 Å². The second-order valence-corrected chi connectivity index (χ2v) is 0. The molecule has 0 heterocycles. The van der Waals surface area contributed by atoms with Crippen molar-refractivity contribution in [2.75, 3.05) is 0 Å². The van der Waals surface area contributed by atoms with Crippen LogP contribution in [-0.4, -0.2) is 53.7 Å². The van der Waals surface area contributed by atoms with Crippen LogP contribution in [0.5, 0.6) is 0 Å². The van der Waals surface area contributed by atoms with Gasteiger partial charge in [-0.15, -0.1) is 0 Å². The van der Waals surface area contributed by atoms with Gasteiger partial charge in [0.1, 0.15) is 0 Å². The molecule has 5 heavy (non-hydrogen) atoms. The van der Waals surface area contributed by atoms with Crippen LogP contribution < -0.4 is 11.3 Å². The number of hydrogen-bond donors (Lipinski definition) is 2. The van der Waals surface area contributed by atoms with Crippen molar-refractivity contribution >= 4 is 53.7 Å². The minimum Gasteiger partial charge on any atom is -0.605 e. The summed E-state index contributed by atoms with van der Waals surface area (Å²) in [5.74, 6) is 0. The first-order valence-corrected chi connectivity index (χ1v) is 0.667. The molecule has 0 aromatic rings. The summed E-state index contributed by atoms with van der Waals surface area (Å²) in [5.41, 5.74) is 8.00. The van der Waals surface area contributed by atoms with E-state index in [1.54, 1.807) is 0 Å². The van der Waals surface area contributed by atoms with Crippen LogP contribution in [0.15, 0.2) is 0 Å². The molecule has 5 heteroatoms. The van der Waals surface area contributed by atoms with Crippen molar-refractivity contribution in [1.29, 1.82) is 0 Å². The Balaban J connectivity index is -0.0000000133. The monoisotopic (exact) mass is 94.0 g/mol. The van der Waals surface area contributed by atoms with Crippen LogP contribution >= 0.6 is 0 Å². The van der Waals surface area contributed by atoms with Crippen molar-refractivity contribution in [1.82, 2.24) is 0 Å². The molecule has 2 nitrogen and oxygen atoms in total. The van der Waals surface area contributed by atoms with Crippen molar-refractivity contribution in [3.8, 4) is 0 Å². The van der Waals surface area contributed by atoms with Gasteiger partial charge in [-0.1, -0.05) is 0 Å². The first-order valence-electron chi connectivity index (χ1n) is 0.667. The quantitative estimate of drug-likeness (QED) is 0.331. The molecule has 0 unspecified atom stereocenters. The van der Waals surface area contributed by atoms with E-state index in [2.05, 4.69) is 27.3 Å². The molecule has 22 valence electrons. The average molecular weight is 93.7 g/mol. The molecule has 6 radical (unpaired) electrons. The van der Waals surface area contributed by atoms with Crippen LogP contribution in [0.4, 0.5) is 0 Å². The molecule has 4 N–H and O–H groups in total. The molecule has 0 aromatic heterocycles. The molecule has 0 spiro atoms. The third-order valence-corrected chi connectivity index (χ3v) is 0. The van der Waals surface area contributed by atoms with Gasteiger partial charge in [-0.25, -0.2) is 0 Å². The minimum atomic E-state index is 0. The van der Waals surface area contributed by atoms with Crippen LogP contribution in [-0.2, 0) is 0 Å². The molecular formula is H4B2CaN2. The SMILES string of the molecule is [B-]N.[B-]N.[Ca+2]. The van der Waals surface area contributed by atoms with Gasteiger partial charge in [-0.2, -0.15) is 0 Å². The molecule has 0 aromatic carbocycles. The molecule has 0 aliphatic heterocycles. The summed E-state index contributed by atoms with van der Waals surface area (Å²) in [6, 6.07) is 0. The Bertz CT molecular complexity index is 7.61. The predicted molar refractivity (Wildman–Crippen MR) is 25.6 cm³/mol. The van der Waals surface area contributed by atoms with Gasteiger partial charge in [0.25, 0.3) is 0 Å². The maximum atomic E-state index is 4.00. The van der Waals surface area contributed by atoms with Gasteiger partial charge in [0, 0.05) is 0 Å². The number of nitrogens with two attached hydrogens (primary N) is 2. The minimum absolute atomic E-state index is 0. The van der Waals surface area contributed by atoms with Crippen LogP contribution in [0.3, 0.4) is 0 Å². The Morgan fingerprint density at radius 2 is 0.800 bits per heavy atom. The predicted octanol–water partition coefficient (Wildman–Crippen LogP) is -2.32. The van der Waals surface area contributed by atoms with Gasteiger partial charge in [0.2, 0.25) is 0 Å². The maximum Gasteiger partial charge on any atom is 2.00 e. The Labute approximate surface area is 64.5 Å². The van der Waals surface area contributed by atoms with E-state index in [0.717, 1.165) is 0 Å². The zero-order valence-electron chi connectivity index (χ0n) is 3.02. The van der Waals surface area contributed by atoms with E-state index in [0.29, 0.717) is 0 Å². The summed E-state index contributed by atoms with van der Waals surface area (Å²) in [6.45, 7) is 0. The smallest absolute Gasteiger partial charge is 0.605 e. The van der Waals surface area contributed by atoms with E-state index < -0.39 is 0 Å². The van der Waals surface area contributed by atoms with Gasteiger partial charge < -0.3 is 27.3 Å². The molecule has 0 aliphatic rings. The second kappa shape index (κ2) is 57.5. The Hall–Kier alpha value is 1.31. The number of hydrogen-bond acceptors (Lipinski definition) is 2. The van der Waals surface area contributed by atoms with Crippen molar-refractivity contribution in [2.24, 2.45) is 11.3 Å². The van der Waals surface area contributed by atoms with Crippen molar-refractivity contribution < 1.29 is 0 Å². The Morgan fingerprint density at radius 1 is 0.800 bits per heavy atom. The standard InChI is InChI=1S/2BH2N.Ca/c2*1-2;/h2*2H2;/q2*-1;+2. The summed E-state index contributed by atoms with van der Waals surface area (Å²) < 4.78 is 0. The first kappa shape index (κ1) is 16.2. The van der Waals surface area contributed by atoms with Crippen molar-refractivity contribution in [2.45, 2.75) is 0 Å². The van der Waals surface area contributed by atoms with Crippen LogP contribution in [0, 0.1) is 0 Å². The zero-order valence-corrected chi connectivity index (χ0v) is 5.22. The summed E-state index contributed by atoms with van der Waals surface area (Å²) in [7, 11) is 8.00. The molecule has 0 atom stereocenters. The number of rotatable bonds is 0. The van der Waals surface area contributed by atoms with Gasteiger partial charge in [0.15, 0.2) is 0 Å². The molecule has 0 amide bonds. The zero-order chi connectivity index (χ0) is 4.00. The van der Waals surface area contributed by atoms with Gasteiger partial charge in [0.05, 0.1) is 0 Å². The molecule has 0 bridgehead atoms. The topological polar surface area (TPSA) is 52.0 Å². The summed E-state index contributed by atoms with van der Waals surface area (Å²) in [5, 5.41) is 0. The van der Waals surface area contributed by atoms with E-state index in [4.69, 9.17) is 0 Å². The molecule has 0 saturated carbocycles. The van der Waals surface area contributed by atoms with E-state index in [1.165, 1.54) is 0 Å². The first-order chi connectivity index (χ1) is 2.00. The Kier molecular flexibility index (Phi) is 187. The fraction of sp³-hybridized carbons (Fsp3) is 0. The fourth-order valence-corrected chi connectivity index (χ4v) is 0. The van der Waals surface area contributed by atoms with Crippen molar-refractivity contribution in [3.63, 3.8) is 0 Å². The molecule has 0 fully saturated rings. The van der Waals surface area contributed by atoms with E-state index in [-0.39, 0.29) is 37.7 Å². The maximum absolute atomic E-state index is 4.00.